The number of piperidine rings is 1. The molecule has 2 aliphatic rings. The first-order chi connectivity index (χ1) is 17.4. The van der Waals surface area contributed by atoms with E-state index >= 15 is 0 Å². The minimum atomic E-state index is -1.07. The lowest BCUT2D eigenvalue weighted by Crippen LogP contribution is -2.40. The van der Waals surface area contributed by atoms with Crippen LogP contribution < -0.4 is 15.0 Å². The number of allylic oxidation sites excluding steroid dienone is 3. The molecular formula is C26H30N4O6. The van der Waals surface area contributed by atoms with Gasteiger partial charge in [-0.05, 0) is 49.5 Å². The number of aromatic nitrogens is 2. The third kappa shape index (κ3) is 6.32. The highest BCUT2D eigenvalue weighted by molar-refractivity contribution is 5.91. The molecule has 1 aromatic carbocycles. The summed E-state index contributed by atoms with van der Waals surface area (Å²) in [5.41, 5.74) is 0.868. The number of carbonyl (C=O) groups excluding carboxylic acids is 1. The van der Waals surface area contributed by atoms with Gasteiger partial charge in [-0.15, -0.1) is 0 Å². The van der Waals surface area contributed by atoms with E-state index in [1.165, 1.54) is 19.4 Å². The number of hydrogen-bond acceptors (Lipinski definition) is 8. The molecular weight excluding hydrogens is 464 g/mol. The molecule has 0 spiro atoms. The van der Waals surface area contributed by atoms with Crippen LogP contribution in [0.1, 0.15) is 48.0 Å². The predicted molar refractivity (Wildman–Crippen MR) is 133 cm³/mol. The van der Waals surface area contributed by atoms with E-state index in [4.69, 9.17) is 9.47 Å². The number of aliphatic hydroxyl groups is 1. The Bertz CT molecular complexity index is 1180. The van der Waals surface area contributed by atoms with E-state index in [0.717, 1.165) is 31.4 Å². The van der Waals surface area contributed by atoms with Gasteiger partial charge >= 0.3 is 5.97 Å². The van der Waals surface area contributed by atoms with Crippen molar-refractivity contribution in [1.29, 1.82) is 0 Å². The maximum Gasteiger partial charge on any atom is 0.339 e. The fourth-order valence-electron chi connectivity index (χ4n) is 4.26. The van der Waals surface area contributed by atoms with Crippen molar-refractivity contribution in [2.75, 3.05) is 30.4 Å². The molecule has 1 aliphatic heterocycles. The number of aliphatic hydroxyl groups excluding tert-OH is 1. The predicted octanol–water partition coefficient (Wildman–Crippen LogP) is 3.86. The Morgan fingerprint density at radius 2 is 2.14 bits per heavy atom. The van der Waals surface area contributed by atoms with Crippen LogP contribution in [0, 0.1) is 0 Å². The highest BCUT2D eigenvalue weighted by Crippen LogP contribution is 2.25. The molecule has 0 bridgehead atoms. The summed E-state index contributed by atoms with van der Waals surface area (Å²) in [6.45, 7) is 1.39. The van der Waals surface area contributed by atoms with E-state index in [1.807, 2.05) is 12.2 Å². The van der Waals surface area contributed by atoms with Gasteiger partial charge in [0.1, 0.15) is 29.0 Å². The van der Waals surface area contributed by atoms with Crippen LogP contribution in [0.4, 0.5) is 11.6 Å². The highest BCUT2D eigenvalue weighted by Gasteiger charge is 2.24. The van der Waals surface area contributed by atoms with Crippen LogP contribution in [-0.2, 0) is 16.0 Å². The van der Waals surface area contributed by atoms with Gasteiger partial charge in [0, 0.05) is 19.4 Å². The highest BCUT2D eigenvalue weighted by atomic mass is 16.5. The second kappa shape index (κ2) is 11.6. The molecule has 1 unspecified atom stereocenters. The number of benzene rings is 1. The van der Waals surface area contributed by atoms with Crippen LogP contribution in [0.2, 0.25) is 0 Å². The summed E-state index contributed by atoms with van der Waals surface area (Å²) in [4.78, 5) is 34.6. The molecule has 4 rings (SSSR count). The second-order valence-electron chi connectivity index (χ2n) is 8.73. The summed E-state index contributed by atoms with van der Waals surface area (Å²) in [7, 11) is 1.41. The van der Waals surface area contributed by atoms with Gasteiger partial charge in [0.15, 0.2) is 11.6 Å². The van der Waals surface area contributed by atoms with Gasteiger partial charge in [0.2, 0.25) is 5.91 Å². The summed E-state index contributed by atoms with van der Waals surface area (Å²) in [5.74, 6) is 0.790. The number of carbonyl (C=O) groups is 2. The number of rotatable bonds is 9. The van der Waals surface area contributed by atoms with Gasteiger partial charge in [0.25, 0.3) is 0 Å². The van der Waals surface area contributed by atoms with Crippen molar-refractivity contribution in [3.05, 3.63) is 65.4 Å². The zero-order valence-corrected chi connectivity index (χ0v) is 20.1. The van der Waals surface area contributed by atoms with E-state index in [2.05, 4.69) is 20.2 Å². The first kappa shape index (κ1) is 25.0. The first-order valence-corrected chi connectivity index (χ1v) is 12.0. The van der Waals surface area contributed by atoms with Gasteiger partial charge in [-0.1, -0.05) is 12.1 Å². The Morgan fingerprint density at radius 3 is 2.92 bits per heavy atom. The molecule has 3 N–H and O–H groups in total. The maximum atomic E-state index is 12.5. The fraction of sp³-hybridized carbons (Fsp3) is 0.385. The molecule has 1 atom stereocenters. The van der Waals surface area contributed by atoms with Crippen molar-refractivity contribution in [3.8, 4) is 5.75 Å². The number of anilines is 2. The summed E-state index contributed by atoms with van der Waals surface area (Å²) in [6, 6.07) is 4.78. The van der Waals surface area contributed by atoms with Crippen LogP contribution in [0.3, 0.4) is 0 Å². The average Bonchev–Trinajstić information content (AvgIpc) is 2.89. The lowest BCUT2D eigenvalue weighted by Gasteiger charge is -2.34. The van der Waals surface area contributed by atoms with Gasteiger partial charge < -0.3 is 29.9 Å². The van der Waals surface area contributed by atoms with Crippen LogP contribution >= 0.6 is 0 Å². The Balaban J connectivity index is 1.33. The quantitative estimate of drug-likeness (QED) is 0.475. The minimum Gasteiger partial charge on any atom is -0.508 e. The molecule has 0 radical (unpaired) electrons. The zero-order chi connectivity index (χ0) is 25.5. The molecule has 1 aliphatic carbocycles. The Labute approximate surface area is 209 Å². The third-order valence-corrected chi connectivity index (χ3v) is 6.12. The van der Waals surface area contributed by atoms with Gasteiger partial charge in [-0.25, -0.2) is 9.78 Å². The van der Waals surface area contributed by atoms with Crippen LogP contribution in [0.15, 0.2) is 54.3 Å². The van der Waals surface area contributed by atoms with E-state index < -0.39 is 5.97 Å². The smallest absolute Gasteiger partial charge is 0.339 e. The van der Waals surface area contributed by atoms with E-state index in [9.17, 15) is 19.8 Å². The number of ether oxygens (including phenoxy) is 2. The van der Waals surface area contributed by atoms with Crippen molar-refractivity contribution >= 4 is 23.5 Å². The largest absolute Gasteiger partial charge is 0.508 e. The van der Waals surface area contributed by atoms with E-state index in [-0.39, 0.29) is 35.5 Å². The number of methoxy groups -OCH3 is 1. The monoisotopic (exact) mass is 494 g/mol. The average molecular weight is 495 g/mol. The topological polar surface area (TPSA) is 134 Å². The molecule has 1 amide bonds. The number of nitrogens with zero attached hydrogens (tertiary/aromatic N) is 3. The molecule has 10 nitrogen and oxygen atoms in total. The summed E-state index contributed by atoms with van der Waals surface area (Å²) in [5, 5.41) is 22.1. The lowest BCUT2D eigenvalue weighted by molar-refractivity contribution is -0.116. The number of amides is 1. The molecule has 36 heavy (non-hydrogen) atoms. The molecule has 0 saturated carbocycles. The number of aromatic carboxylic acids is 1. The van der Waals surface area contributed by atoms with Crippen molar-refractivity contribution in [2.24, 2.45) is 0 Å². The number of carboxylic acids is 1. The van der Waals surface area contributed by atoms with E-state index in [1.54, 1.807) is 18.3 Å². The number of aryl methyl sites for hydroxylation is 1. The molecule has 10 heteroatoms. The van der Waals surface area contributed by atoms with Gasteiger partial charge in [-0.3, -0.25) is 9.78 Å². The number of nitrogens with one attached hydrogen (secondary N) is 1. The standard InChI is InChI=1S/C26H30N4O6/c1-35-22-13-17(8-10-19(22)26(33)34)9-11-25(32)29-23-14-27-15-24(28-23)30-12-4-5-18(16-30)36-21-7-3-2-6-20(21)31/h3,7-8,10,13-15,18,31H,2,4-6,9,11-12,16H2,1H3,(H,33,34)(H,28,29,32). The van der Waals surface area contributed by atoms with Gasteiger partial charge in [0.05, 0.1) is 26.0 Å². The normalized spacial score (nSPS) is 17.6. The molecule has 2 heterocycles. The number of carboxylic acid groups (broad SMARTS) is 1. The van der Waals surface area contributed by atoms with Gasteiger partial charge in [-0.2, -0.15) is 0 Å². The molecule has 190 valence electrons. The van der Waals surface area contributed by atoms with Crippen molar-refractivity contribution in [1.82, 2.24) is 9.97 Å². The van der Waals surface area contributed by atoms with Crippen LogP contribution in [0.5, 0.6) is 5.75 Å². The van der Waals surface area contributed by atoms with Crippen molar-refractivity contribution < 1.29 is 29.3 Å². The Morgan fingerprint density at radius 1 is 1.28 bits per heavy atom. The Kier molecular flexibility index (Phi) is 8.04. The number of hydrogen-bond donors (Lipinski definition) is 3. The van der Waals surface area contributed by atoms with Crippen molar-refractivity contribution in [3.63, 3.8) is 0 Å². The summed E-state index contributed by atoms with van der Waals surface area (Å²) >= 11 is 0. The summed E-state index contributed by atoms with van der Waals surface area (Å²) < 4.78 is 11.2. The van der Waals surface area contributed by atoms with Crippen LogP contribution in [0.25, 0.3) is 0 Å². The van der Waals surface area contributed by atoms with Crippen molar-refractivity contribution in [2.45, 2.75) is 44.6 Å². The second-order valence-corrected chi connectivity index (χ2v) is 8.73. The third-order valence-electron chi connectivity index (χ3n) is 6.12. The maximum absolute atomic E-state index is 12.5. The summed E-state index contributed by atoms with van der Waals surface area (Å²) in [6.07, 6.45) is 10.7. The minimum absolute atomic E-state index is 0.0758. The SMILES string of the molecule is COc1cc(CCC(=O)Nc2cncc(N3CCCC(OC4=C(O)CCC=C4)C3)n2)ccc1C(=O)O. The molecule has 1 aromatic heterocycles. The molecule has 1 saturated heterocycles. The fourth-order valence-corrected chi connectivity index (χ4v) is 4.26. The Hall–Kier alpha value is -4.08. The van der Waals surface area contributed by atoms with Crippen LogP contribution in [-0.4, -0.2) is 58.4 Å². The lowest BCUT2D eigenvalue weighted by atomic mass is 10.1. The molecule has 1 fully saturated rings. The molecule has 2 aromatic rings. The zero-order valence-electron chi connectivity index (χ0n) is 20.1. The first-order valence-electron chi connectivity index (χ1n) is 12.0. The van der Waals surface area contributed by atoms with E-state index in [0.29, 0.717) is 36.8 Å².